The highest BCUT2D eigenvalue weighted by Crippen LogP contribution is 2.38. The van der Waals surface area contributed by atoms with Crippen LogP contribution in [0.25, 0.3) is 0 Å². The molecular formula is C21H34F3N5O5S. The molecule has 0 saturated carbocycles. The van der Waals surface area contributed by atoms with E-state index in [4.69, 9.17) is 5.73 Å². The van der Waals surface area contributed by atoms with Gasteiger partial charge in [-0.1, -0.05) is 20.8 Å². The van der Waals surface area contributed by atoms with Gasteiger partial charge in [-0.2, -0.15) is 25.8 Å². The van der Waals surface area contributed by atoms with E-state index >= 15 is 0 Å². The Hall–Kier alpha value is -2.22. The number of carbonyl (C=O) groups is 4. The zero-order valence-electron chi connectivity index (χ0n) is 20.1. The Bertz CT molecular complexity index is 820. The summed E-state index contributed by atoms with van der Waals surface area (Å²) >= 11 is 4.17. The first-order valence-corrected chi connectivity index (χ1v) is 11.8. The minimum absolute atomic E-state index is 0.153. The Labute approximate surface area is 207 Å². The number of likely N-dealkylation sites (tertiary alicyclic amines) is 1. The van der Waals surface area contributed by atoms with Crippen molar-refractivity contribution in [2.75, 3.05) is 20.2 Å². The molecule has 5 N–H and O–H groups in total. The first-order chi connectivity index (χ1) is 16.1. The molecular weight excluding hydrogens is 491 g/mol. The first-order valence-electron chi connectivity index (χ1n) is 11.3. The van der Waals surface area contributed by atoms with Gasteiger partial charge in [0.25, 0.3) is 0 Å². The predicted octanol–water partition coefficient (Wildman–Crippen LogP) is 0.762. The maximum absolute atomic E-state index is 13.6. The molecule has 0 spiro atoms. The number of nitrogens with zero attached hydrogens (tertiary/aromatic N) is 1. The summed E-state index contributed by atoms with van der Waals surface area (Å²) in [6, 6.07) is -3.51. The number of halogens is 3. The Balaban J connectivity index is 2.29. The number of thiol groups is 1. The van der Waals surface area contributed by atoms with Crippen LogP contribution in [0.15, 0.2) is 0 Å². The van der Waals surface area contributed by atoms with Crippen LogP contribution in [0.3, 0.4) is 0 Å². The van der Waals surface area contributed by atoms with E-state index in [2.05, 4.69) is 33.3 Å². The number of nitrogens with two attached hydrogens (primary N) is 1. The Morgan fingerprint density at radius 3 is 2.34 bits per heavy atom. The van der Waals surface area contributed by atoms with E-state index in [9.17, 15) is 32.3 Å². The Morgan fingerprint density at radius 1 is 1.26 bits per heavy atom. The van der Waals surface area contributed by atoms with E-state index in [1.807, 2.05) is 0 Å². The Morgan fingerprint density at radius 2 is 1.89 bits per heavy atom. The number of alkyl carbamates (subject to hydrolysis) is 1. The van der Waals surface area contributed by atoms with Gasteiger partial charge in [0.05, 0.1) is 24.4 Å². The normalized spacial score (nSPS) is 25.5. The fourth-order valence-corrected chi connectivity index (χ4v) is 4.49. The van der Waals surface area contributed by atoms with Gasteiger partial charge < -0.3 is 31.3 Å². The van der Waals surface area contributed by atoms with Gasteiger partial charge in [-0.05, 0) is 24.7 Å². The van der Waals surface area contributed by atoms with Crippen LogP contribution in [0.1, 0.15) is 40.0 Å². The van der Waals surface area contributed by atoms with E-state index in [-0.39, 0.29) is 12.3 Å². The van der Waals surface area contributed by atoms with Crippen LogP contribution in [0.5, 0.6) is 0 Å². The fourth-order valence-electron chi connectivity index (χ4n) is 4.30. The molecule has 0 aromatic heterocycles. The van der Waals surface area contributed by atoms with Crippen LogP contribution >= 0.6 is 12.6 Å². The molecule has 2 aliphatic heterocycles. The second-order valence-corrected chi connectivity index (χ2v) is 10.6. The lowest BCUT2D eigenvalue weighted by Gasteiger charge is -2.35. The largest absolute Gasteiger partial charge is 0.453 e. The molecule has 10 nitrogen and oxygen atoms in total. The van der Waals surface area contributed by atoms with Crippen molar-refractivity contribution in [3.63, 3.8) is 0 Å². The monoisotopic (exact) mass is 525 g/mol. The van der Waals surface area contributed by atoms with Gasteiger partial charge >= 0.3 is 12.3 Å². The number of hydrogen-bond acceptors (Lipinski definition) is 7. The minimum atomic E-state index is -4.64. The summed E-state index contributed by atoms with van der Waals surface area (Å²) in [4.78, 5) is 51.2. The van der Waals surface area contributed by atoms with Crippen molar-refractivity contribution in [2.24, 2.45) is 23.0 Å². The molecule has 200 valence electrons. The van der Waals surface area contributed by atoms with E-state index in [0.29, 0.717) is 13.0 Å². The van der Waals surface area contributed by atoms with Gasteiger partial charge in [-0.3, -0.25) is 14.4 Å². The number of carbonyl (C=O) groups excluding carboxylic acids is 4. The Kier molecular flexibility index (Phi) is 9.31. The molecule has 2 heterocycles. The van der Waals surface area contributed by atoms with Crippen LogP contribution in [-0.4, -0.2) is 78.6 Å². The van der Waals surface area contributed by atoms with E-state index in [0.717, 1.165) is 12.0 Å². The van der Waals surface area contributed by atoms with Crippen LogP contribution in [0.4, 0.5) is 18.0 Å². The van der Waals surface area contributed by atoms with Crippen molar-refractivity contribution in [2.45, 2.75) is 69.7 Å². The molecule has 0 bridgehead atoms. The molecule has 4 amide bonds. The summed E-state index contributed by atoms with van der Waals surface area (Å²) in [7, 11) is 1.09. The summed E-state index contributed by atoms with van der Waals surface area (Å²) in [5.41, 5.74) is 4.98. The number of hydrogen-bond donors (Lipinski definition) is 5. The quantitative estimate of drug-likeness (QED) is 0.245. The van der Waals surface area contributed by atoms with Crippen LogP contribution < -0.4 is 21.7 Å². The second-order valence-electron chi connectivity index (χ2n) is 10.0. The third-order valence-electron chi connectivity index (χ3n) is 6.35. The number of rotatable bonds is 7. The molecule has 0 radical (unpaired) electrons. The van der Waals surface area contributed by atoms with E-state index in [1.165, 1.54) is 0 Å². The highest BCUT2D eigenvalue weighted by Gasteiger charge is 2.53. The zero-order chi connectivity index (χ0) is 26.7. The lowest BCUT2D eigenvalue weighted by atomic mass is 9.85. The lowest BCUT2D eigenvalue weighted by molar-refractivity contribution is -0.171. The summed E-state index contributed by atoms with van der Waals surface area (Å²) in [5.74, 6) is -4.21. The minimum Gasteiger partial charge on any atom is -0.453 e. The number of alkyl halides is 3. The molecule has 2 saturated heterocycles. The van der Waals surface area contributed by atoms with Crippen LogP contribution in [0, 0.1) is 17.3 Å². The third kappa shape index (κ3) is 7.38. The molecule has 2 aliphatic rings. The predicted molar refractivity (Wildman–Crippen MR) is 123 cm³/mol. The van der Waals surface area contributed by atoms with Crippen LogP contribution in [0.2, 0.25) is 0 Å². The number of nitrogens with one attached hydrogen (secondary N) is 3. The smallest absolute Gasteiger partial charge is 0.407 e. The third-order valence-corrected chi connectivity index (χ3v) is 6.71. The topological polar surface area (TPSA) is 143 Å². The highest BCUT2D eigenvalue weighted by atomic mass is 32.1. The van der Waals surface area contributed by atoms with Gasteiger partial charge in [-0.25, -0.2) is 4.79 Å². The van der Waals surface area contributed by atoms with Gasteiger partial charge in [0, 0.05) is 19.0 Å². The van der Waals surface area contributed by atoms with Gasteiger partial charge in [0.1, 0.15) is 12.1 Å². The fraction of sp³-hybridized carbons (Fsp3) is 0.810. The standard InChI is InChI=1S/C21H34F3N5O5S/c1-20(2,3)14(28-19(33)34-4)18(32)29-9-11(21(22,23)24)8-13(29)17(31)27-12(15(25)35)7-10-5-6-26-16(10)30/h10-15,35H,5-9,25H2,1-4H3,(H,26,30)(H,27,31)(H,28,33)/t10-,11+,12-,13-,14+,15-/m0/s1. The maximum atomic E-state index is 13.6. The van der Waals surface area contributed by atoms with Crippen molar-refractivity contribution in [3.8, 4) is 0 Å². The van der Waals surface area contributed by atoms with Crippen molar-refractivity contribution >= 4 is 36.4 Å². The maximum Gasteiger partial charge on any atom is 0.407 e. The molecule has 0 unspecified atom stereocenters. The highest BCUT2D eigenvalue weighted by molar-refractivity contribution is 7.80. The average molecular weight is 526 g/mol. The summed E-state index contributed by atoms with van der Waals surface area (Å²) in [6.07, 6.45) is -5.53. The molecule has 2 rings (SSSR count). The summed E-state index contributed by atoms with van der Waals surface area (Å²) < 4.78 is 45.4. The van der Waals surface area contributed by atoms with Gasteiger partial charge in [0.2, 0.25) is 17.7 Å². The zero-order valence-corrected chi connectivity index (χ0v) is 21.0. The molecule has 0 aliphatic carbocycles. The van der Waals surface area contributed by atoms with Crippen molar-refractivity contribution in [3.05, 3.63) is 0 Å². The lowest BCUT2D eigenvalue weighted by Crippen LogP contribution is -2.59. The molecule has 6 atom stereocenters. The second kappa shape index (κ2) is 11.2. The van der Waals surface area contributed by atoms with E-state index in [1.54, 1.807) is 20.8 Å². The number of methoxy groups -OCH3 is 1. The van der Waals surface area contributed by atoms with Crippen molar-refractivity contribution < 1.29 is 37.1 Å². The summed E-state index contributed by atoms with van der Waals surface area (Å²) in [6.45, 7) is 4.62. The molecule has 2 fully saturated rings. The first kappa shape index (κ1) is 29.0. The molecule has 35 heavy (non-hydrogen) atoms. The SMILES string of the molecule is COC(=O)N[C@H](C(=O)N1C[C@H](C(F)(F)F)C[C@H]1C(=O)N[C@@H](C[C@@H]1CCNC1=O)[C@@H](N)S)C(C)(C)C. The molecule has 0 aromatic rings. The van der Waals surface area contributed by atoms with Gasteiger partial charge in [-0.15, -0.1) is 0 Å². The van der Waals surface area contributed by atoms with E-state index < -0.39 is 77.8 Å². The van der Waals surface area contributed by atoms with Crippen molar-refractivity contribution in [1.82, 2.24) is 20.9 Å². The van der Waals surface area contributed by atoms with Crippen LogP contribution in [-0.2, 0) is 19.1 Å². The molecule has 14 heteroatoms. The average Bonchev–Trinajstić information content (AvgIpc) is 3.36. The molecule has 0 aromatic carbocycles. The number of ether oxygens (including phenoxy) is 1. The number of amides is 4. The van der Waals surface area contributed by atoms with Gasteiger partial charge in [0.15, 0.2) is 0 Å². The van der Waals surface area contributed by atoms with Crippen molar-refractivity contribution in [1.29, 1.82) is 0 Å². The summed E-state index contributed by atoms with van der Waals surface area (Å²) in [5, 5.41) is 6.75.